The summed E-state index contributed by atoms with van der Waals surface area (Å²) in [6.45, 7) is 11.0. The number of carbonyl (C=O) groups is 1. The van der Waals surface area contributed by atoms with Crippen LogP contribution >= 0.6 is 24.4 Å². The van der Waals surface area contributed by atoms with Crippen molar-refractivity contribution in [3.63, 3.8) is 0 Å². The van der Waals surface area contributed by atoms with E-state index in [1.54, 1.807) is 0 Å². The van der Waals surface area contributed by atoms with Gasteiger partial charge in [0, 0.05) is 40.8 Å². The van der Waals surface area contributed by atoms with Gasteiger partial charge in [-0.05, 0) is 38.5 Å². The van der Waals surface area contributed by atoms with Crippen LogP contribution in [0.1, 0.15) is 53.4 Å². The summed E-state index contributed by atoms with van der Waals surface area (Å²) in [6.07, 6.45) is 4.86. The molecule has 0 aromatic carbocycles. The lowest BCUT2D eigenvalue weighted by molar-refractivity contribution is -0.129. The van der Waals surface area contributed by atoms with Crippen LogP contribution in [0.15, 0.2) is 0 Å². The Morgan fingerprint density at radius 1 is 1.14 bits per heavy atom. The summed E-state index contributed by atoms with van der Waals surface area (Å²) in [6, 6.07) is 0. The van der Waals surface area contributed by atoms with E-state index >= 15 is 0 Å². The van der Waals surface area contributed by atoms with Crippen molar-refractivity contribution in [3.8, 4) is 0 Å². The highest BCUT2D eigenvalue weighted by atomic mass is 32.2. The fourth-order valence-corrected chi connectivity index (χ4v) is 5.31. The highest BCUT2D eigenvalue weighted by Crippen LogP contribution is 2.43. The normalized spacial score (nSPS) is 31.0. The van der Waals surface area contributed by atoms with Crippen LogP contribution in [0.3, 0.4) is 0 Å². The second-order valence-corrected chi connectivity index (χ2v) is 9.62. The fourth-order valence-electron chi connectivity index (χ4n) is 3.55. The second-order valence-electron chi connectivity index (χ2n) is 7.19. The predicted molar refractivity (Wildman–Crippen MR) is 96.2 cm³/mol. The molecule has 2 unspecified atom stereocenters. The number of ketones is 1. The Morgan fingerprint density at radius 2 is 1.71 bits per heavy atom. The van der Waals surface area contributed by atoms with Crippen molar-refractivity contribution < 1.29 is 4.79 Å². The summed E-state index contributed by atoms with van der Waals surface area (Å²) in [7, 11) is 0. The Kier molecular flexibility index (Phi) is 6.52. The van der Waals surface area contributed by atoms with Crippen LogP contribution in [0.2, 0.25) is 0 Å². The van der Waals surface area contributed by atoms with Gasteiger partial charge in [0.2, 0.25) is 0 Å². The van der Waals surface area contributed by atoms with Gasteiger partial charge >= 0.3 is 0 Å². The van der Waals surface area contributed by atoms with Gasteiger partial charge in [0.1, 0.15) is 5.78 Å². The summed E-state index contributed by atoms with van der Waals surface area (Å²) < 4.78 is 0. The van der Waals surface area contributed by atoms with Crippen molar-refractivity contribution in [3.05, 3.63) is 0 Å². The number of thiol groups is 1. The lowest BCUT2D eigenvalue weighted by Crippen LogP contribution is -2.40. The van der Waals surface area contributed by atoms with E-state index in [9.17, 15) is 4.79 Å². The van der Waals surface area contributed by atoms with E-state index in [1.165, 1.54) is 25.9 Å². The molecule has 4 heteroatoms. The molecular weight excluding hydrogens is 298 g/mol. The monoisotopic (exact) mass is 329 g/mol. The summed E-state index contributed by atoms with van der Waals surface area (Å²) in [5, 5.41) is 1.91. The van der Waals surface area contributed by atoms with E-state index in [2.05, 4.69) is 43.1 Å². The molecule has 1 aliphatic heterocycles. The molecule has 1 saturated heterocycles. The number of nitrogens with zero attached hydrogens (tertiary/aromatic N) is 1. The van der Waals surface area contributed by atoms with Gasteiger partial charge in [0.25, 0.3) is 0 Å². The molecule has 2 atom stereocenters. The van der Waals surface area contributed by atoms with E-state index in [1.807, 2.05) is 13.8 Å². The topological polar surface area (TPSA) is 20.3 Å². The molecule has 122 valence electrons. The number of thioether (sulfide) groups is 1. The molecule has 1 saturated carbocycles. The first-order valence-corrected chi connectivity index (χ1v) is 9.95. The maximum Gasteiger partial charge on any atom is 0.138 e. The van der Waals surface area contributed by atoms with Gasteiger partial charge in [0.15, 0.2) is 0 Å². The molecule has 2 rings (SSSR count). The van der Waals surface area contributed by atoms with Crippen LogP contribution < -0.4 is 0 Å². The first kappa shape index (κ1) is 17.7. The highest BCUT2D eigenvalue weighted by molar-refractivity contribution is 8.00. The first-order valence-electron chi connectivity index (χ1n) is 8.49. The predicted octanol–water partition coefficient (Wildman–Crippen LogP) is 4.10. The molecule has 0 spiro atoms. The van der Waals surface area contributed by atoms with Gasteiger partial charge in [-0.15, -0.1) is 0 Å². The zero-order valence-corrected chi connectivity index (χ0v) is 15.6. The van der Waals surface area contributed by atoms with Gasteiger partial charge in [-0.1, -0.05) is 20.8 Å². The molecular formula is C17H31NOS2. The van der Waals surface area contributed by atoms with Gasteiger partial charge in [-0.2, -0.15) is 24.4 Å². The van der Waals surface area contributed by atoms with E-state index in [0.29, 0.717) is 22.3 Å². The van der Waals surface area contributed by atoms with Crippen molar-refractivity contribution in [2.75, 3.05) is 13.1 Å². The quantitative estimate of drug-likeness (QED) is 0.741. The van der Waals surface area contributed by atoms with Crippen LogP contribution in [0, 0.1) is 17.8 Å². The molecule has 0 aromatic heterocycles. The van der Waals surface area contributed by atoms with Crippen LogP contribution in [-0.2, 0) is 4.79 Å². The highest BCUT2D eigenvalue weighted by Gasteiger charge is 2.39. The maximum absolute atomic E-state index is 12.0. The number of Topliss-reactive ketones (excluding diaryl/α,β-unsaturated/α-hetero) is 1. The average molecular weight is 330 g/mol. The number of rotatable bonds is 6. The third-order valence-corrected chi connectivity index (χ3v) is 7.22. The molecule has 0 radical (unpaired) electrons. The molecule has 2 aliphatic rings. The molecule has 1 aliphatic carbocycles. The second kappa shape index (κ2) is 7.74. The van der Waals surface area contributed by atoms with Crippen LogP contribution in [-0.4, -0.2) is 39.6 Å². The summed E-state index contributed by atoms with van der Waals surface area (Å²) in [5.41, 5.74) is 0. The van der Waals surface area contributed by atoms with E-state index < -0.39 is 0 Å². The Hall–Kier alpha value is 0.330. The summed E-state index contributed by atoms with van der Waals surface area (Å²) >= 11 is 6.71. The number of carbonyl (C=O) groups excluding carboxylic acids is 1. The Morgan fingerprint density at radius 3 is 2.19 bits per heavy atom. The smallest absolute Gasteiger partial charge is 0.138 e. The molecule has 0 aromatic rings. The van der Waals surface area contributed by atoms with Crippen LogP contribution in [0.5, 0.6) is 0 Å². The first-order chi connectivity index (χ1) is 9.88. The molecule has 0 bridgehead atoms. The largest absolute Gasteiger partial charge is 0.299 e. The van der Waals surface area contributed by atoms with E-state index in [0.717, 1.165) is 24.0 Å². The van der Waals surface area contributed by atoms with Crippen LogP contribution in [0.25, 0.3) is 0 Å². The third kappa shape index (κ3) is 4.65. The number of hydrogen-bond donors (Lipinski definition) is 1. The van der Waals surface area contributed by atoms with E-state index in [-0.39, 0.29) is 5.92 Å². The molecule has 21 heavy (non-hydrogen) atoms. The lowest BCUT2D eigenvalue weighted by Gasteiger charge is -2.41. The maximum atomic E-state index is 12.0. The average Bonchev–Trinajstić information content (AvgIpc) is 2.37. The Balaban J connectivity index is 1.68. The Labute approximate surface area is 140 Å². The minimum Gasteiger partial charge on any atom is -0.299 e. The number of hydrogen-bond acceptors (Lipinski definition) is 4. The SMILES string of the molecule is CC(C)C(=O)C1CC(C(C)SC2CCN(C(C)S)CC2)C1. The zero-order chi connectivity index (χ0) is 15.6. The van der Waals surface area contributed by atoms with Crippen molar-refractivity contribution in [1.29, 1.82) is 0 Å². The molecule has 0 N–H and O–H groups in total. The summed E-state index contributed by atoms with van der Waals surface area (Å²) in [5.74, 6) is 1.83. The molecule has 0 amide bonds. The number of piperidine rings is 1. The third-order valence-electron chi connectivity index (χ3n) is 5.22. The Bertz CT molecular complexity index is 345. The van der Waals surface area contributed by atoms with Gasteiger partial charge < -0.3 is 0 Å². The van der Waals surface area contributed by atoms with Gasteiger partial charge in [-0.3, -0.25) is 9.69 Å². The minimum absolute atomic E-state index is 0.214. The molecule has 1 heterocycles. The number of likely N-dealkylation sites (tertiary alicyclic amines) is 1. The van der Waals surface area contributed by atoms with Gasteiger partial charge in [-0.25, -0.2) is 0 Å². The van der Waals surface area contributed by atoms with Crippen molar-refractivity contribution in [1.82, 2.24) is 4.90 Å². The lowest BCUT2D eigenvalue weighted by atomic mass is 9.69. The van der Waals surface area contributed by atoms with Crippen molar-refractivity contribution >= 4 is 30.2 Å². The van der Waals surface area contributed by atoms with Crippen molar-refractivity contribution in [2.45, 2.75) is 69.3 Å². The molecule has 2 fully saturated rings. The van der Waals surface area contributed by atoms with Crippen LogP contribution in [0.4, 0.5) is 0 Å². The minimum atomic E-state index is 0.214. The fraction of sp³-hybridized carbons (Fsp3) is 0.941. The standard InChI is InChI=1S/C17H31NOS2/c1-11(2)17(19)15-9-14(10-15)12(3)21-16-5-7-18(8-6-16)13(4)20/h11-16,20H,5-10H2,1-4H3. The molecule has 2 nitrogen and oxygen atoms in total. The summed E-state index contributed by atoms with van der Waals surface area (Å²) in [4.78, 5) is 14.4. The van der Waals surface area contributed by atoms with Crippen molar-refractivity contribution in [2.24, 2.45) is 17.8 Å². The van der Waals surface area contributed by atoms with E-state index in [4.69, 9.17) is 0 Å². The zero-order valence-electron chi connectivity index (χ0n) is 13.9. The van der Waals surface area contributed by atoms with Gasteiger partial charge in [0.05, 0.1) is 0 Å².